The van der Waals surface area contributed by atoms with Crippen molar-refractivity contribution in [3.8, 4) is 0 Å². The van der Waals surface area contributed by atoms with Gasteiger partial charge in [0.25, 0.3) is 0 Å². The first-order valence-corrected chi connectivity index (χ1v) is 12.9. The molecule has 0 bridgehead atoms. The second kappa shape index (κ2) is 7.90. The summed E-state index contributed by atoms with van der Waals surface area (Å²) in [5.74, 6) is 0.0537. The van der Waals surface area contributed by atoms with Crippen molar-refractivity contribution in [2.24, 2.45) is 0 Å². The summed E-state index contributed by atoms with van der Waals surface area (Å²) < 4.78 is 25.6. The Kier molecular flexibility index (Phi) is 6.13. The zero-order chi connectivity index (χ0) is 17.6. The van der Waals surface area contributed by atoms with Crippen molar-refractivity contribution in [2.45, 2.75) is 37.9 Å². The highest BCUT2D eigenvalue weighted by atomic mass is 32.2. The first kappa shape index (κ1) is 18.6. The van der Waals surface area contributed by atoms with Crippen LogP contribution in [0.2, 0.25) is 13.1 Å². The average Bonchev–Trinajstić information content (AvgIpc) is 2.60. The highest BCUT2D eigenvalue weighted by Gasteiger charge is 2.32. The maximum absolute atomic E-state index is 12.8. The molecular formula is C19H25NO2SSi. The second-order valence-corrected chi connectivity index (χ2v) is 12.8. The van der Waals surface area contributed by atoms with E-state index < -0.39 is 17.9 Å². The number of unbranched alkanes of at least 4 members (excludes halogenated alkanes) is 1. The van der Waals surface area contributed by atoms with E-state index in [1.54, 1.807) is 18.2 Å². The number of rotatable bonds is 7. The summed E-state index contributed by atoms with van der Waals surface area (Å²) in [4.78, 5) is 4.04. The van der Waals surface area contributed by atoms with Gasteiger partial charge in [-0.2, -0.15) is 0 Å². The minimum absolute atomic E-state index is 0.0537. The molecule has 1 aromatic heterocycles. The number of allylic oxidation sites excluding steroid dienone is 1. The summed E-state index contributed by atoms with van der Waals surface area (Å²) in [5.41, 5.74) is 0. The van der Waals surface area contributed by atoms with Crippen LogP contribution >= 0.6 is 0 Å². The molecule has 0 fully saturated rings. The first-order chi connectivity index (χ1) is 11.4. The van der Waals surface area contributed by atoms with Crippen molar-refractivity contribution in [2.75, 3.05) is 5.75 Å². The van der Waals surface area contributed by atoms with Crippen LogP contribution in [0.25, 0.3) is 0 Å². The predicted octanol–water partition coefficient (Wildman–Crippen LogP) is 3.74. The van der Waals surface area contributed by atoms with Crippen molar-refractivity contribution < 1.29 is 8.42 Å². The van der Waals surface area contributed by atoms with Gasteiger partial charge in [-0.1, -0.05) is 79.3 Å². The highest BCUT2D eigenvalue weighted by Crippen LogP contribution is 2.21. The van der Waals surface area contributed by atoms with Crippen LogP contribution in [0.3, 0.4) is 0 Å². The van der Waals surface area contributed by atoms with Gasteiger partial charge >= 0.3 is 0 Å². The number of hydrogen-bond donors (Lipinski definition) is 0. The maximum atomic E-state index is 12.8. The van der Waals surface area contributed by atoms with E-state index in [4.69, 9.17) is 0 Å². The summed E-state index contributed by atoms with van der Waals surface area (Å²) in [7, 11) is -5.46. The fourth-order valence-electron chi connectivity index (χ4n) is 2.66. The molecule has 0 unspecified atom stereocenters. The average molecular weight is 360 g/mol. The van der Waals surface area contributed by atoms with Crippen LogP contribution in [0.15, 0.2) is 71.0 Å². The standard InChI is InChI=1S/C19H25NO2SSi/c1-4-5-11-18(24(2,3)17-12-7-6-8-13-17)16-23(21,22)19-14-9-10-15-20-19/h6-15H,4-5,16H2,1-3H3/b18-11+. The van der Waals surface area contributed by atoms with Crippen molar-refractivity contribution in [1.82, 2.24) is 4.98 Å². The molecule has 128 valence electrons. The zero-order valence-electron chi connectivity index (χ0n) is 14.6. The molecule has 0 saturated heterocycles. The van der Waals surface area contributed by atoms with Crippen LogP contribution in [0, 0.1) is 0 Å². The van der Waals surface area contributed by atoms with E-state index in [0.29, 0.717) is 0 Å². The fourth-order valence-corrected chi connectivity index (χ4v) is 7.91. The number of nitrogens with zero attached hydrogens (tertiary/aromatic N) is 1. The minimum atomic E-state index is -3.43. The largest absolute Gasteiger partial charge is 0.245 e. The van der Waals surface area contributed by atoms with Crippen molar-refractivity contribution in [1.29, 1.82) is 0 Å². The zero-order valence-corrected chi connectivity index (χ0v) is 16.4. The third-order valence-corrected chi connectivity index (χ3v) is 9.87. The molecule has 0 spiro atoms. The minimum Gasteiger partial charge on any atom is -0.245 e. The van der Waals surface area contributed by atoms with Gasteiger partial charge in [0, 0.05) is 6.20 Å². The molecule has 0 aliphatic carbocycles. The van der Waals surface area contributed by atoms with Crippen LogP contribution in [0.4, 0.5) is 0 Å². The molecule has 0 atom stereocenters. The van der Waals surface area contributed by atoms with Crippen LogP contribution in [0.5, 0.6) is 0 Å². The number of benzene rings is 1. The van der Waals surface area contributed by atoms with Gasteiger partial charge in [0.15, 0.2) is 14.9 Å². The molecule has 24 heavy (non-hydrogen) atoms. The SMILES string of the molecule is CCC/C=C(\CS(=O)(=O)c1ccccn1)[Si](C)(C)c1ccccc1. The summed E-state index contributed by atoms with van der Waals surface area (Å²) >= 11 is 0. The molecule has 0 aliphatic heterocycles. The summed E-state index contributed by atoms with van der Waals surface area (Å²) in [6.45, 7) is 6.55. The second-order valence-electron chi connectivity index (χ2n) is 6.44. The van der Waals surface area contributed by atoms with E-state index in [9.17, 15) is 8.42 Å². The van der Waals surface area contributed by atoms with E-state index in [0.717, 1.165) is 18.0 Å². The molecule has 2 aromatic rings. The lowest BCUT2D eigenvalue weighted by atomic mass is 10.3. The third-order valence-electron chi connectivity index (χ3n) is 4.28. The van der Waals surface area contributed by atoms with E-state index in [-0.39, 0.29) is 10.8 Å². The molecule has 0 N–H and O–H groups in total. The molecule has 0 aliphatic rings. The van der Waals surface area contributed by atoms with Gasteiger partial charge in [-0.3, -0.25) is 0 Å². The molecule has 5 heteroatoms. The number of pyridine rings is 1. The monoisotopic (exact) mass is 359 g/mol. The molecule has 1 aromatic carbocycles. The molecular weight excluding hydrogens is 334 g/mol. The molecule has 3 nitrogen and oxygen atoms in total. The Morgan fingerprint density at radius 2 is 1.75 bits per heavy atom. The normalized spacial score (nSPS) is 13.0. The lowest BCUT2D eigenvalue weighted by Crippen LogP contribution is -2.45. The maximum Gasteiger partial charge on any atom is 0.199 e. The number of aromatic nitrogens is 1. The Bertz CT molecular complexity index is 785. The molecule has 0 saturated carbocycles. The van der Waals surface area contributed by atoms with Gasteiger partial charge in [-0.15, -0.1) is 0 Å². The van der Waals surface area contributed by atoms with Gasteiger partial charge in [0.05, 0.1) is 5.75 Å². The molecule has 0 amide bonds. The number of sulfone groups is 1. The summed E-state index contributed by atoms with van der Waals surface area (Å²) in [5, 5.41) is 2.47. The lowest BCUT2D eigenvalue weighted by Gasteiger charge is -2.27. The Balaban J connectivity index is 2.40. The van der Waals surface area contributed by atoms with Gasteiger partial charge in [-0.25, -0.2) is 13.4 Å². The number of hydrogen-bond acceptors (Lipinski definition) is 3. The van der Waals surface area contributed by atoms with Crippen molar-refractivity contribution >= 4 is 23.1 Å². The Labute approximate surface area is 146 Å². The summed E-state index contributed by atoms with van der Waals surface area (Å²) in [6, 6.07) is 15.3. The van der Waals surface area contributed by atoms with Crippen molar-refractivity contribution in [3.05, 3.63) is 66.0 Å². The van der Waals surface area contributed by atoms with Crippen LogP contribution in [-0.2, 0) is 9.84 Å². The van der Waals surface area contributed by atoms with Gasteiger partial charge in [0.1, 0.15) is 8.07 Å². The molecule has 1 heterocycles. The fraction of sp³-hybridized carbons (Fsp3) is 0.316. The Morgan fingerprint density at radius 3 is 2.33 bits per heavy atom. The first-order valence-electron chi connectivity index (χ1n) is 8.26. The van der Waals surface area contributed by atoms with Gasteiger partial charge < -0.3 is 0 Å². The van der Waals surface area contributed by atoms with Crippen molar-refractivity contribution in [3.63, 3.8) is 0 Å². The smallest absolute Gasteiger partial charge is 0.199 e. The van der Waals surface area contributed by atoms with E-state index in [2.05, 4.69) is 43.2 Å². The van der Waals surface area contributed by atoms with E-state index in [1.807, 2.05) is 18.2 Å². The highest BCUT2D eigenvalue weighted by molar-refractivity contribution is 7.91. The van der Waals surface area contributed by atoms with Crippen LogP contribution in [-0.4, -0.2) is 27.2 Å². The lowest BCUT2D eigenvalue weighted by molar-refractivity contribution is 0.595. The van der Waals surface area contributed by atoms with E-state index >= 15 is 0 Å². The van der Waals surface area contributed by atoms with Gasteiger partial charge in [-0.05, 0) is 18.6 Å². The predicted molar refractivity (Wildman–Crippen MR) is 103 cm³/mol. The third kappa shape index (κ3) is 4.42. The van der Waals surface area contributed by atoms with E-state index in [1.165, 1.54) is 11.4 Å². The van der Waals surface area contributed by atoms with Crippen LogP contribution < -0.4 is 5.19 Å². The Morgan fingerprint density at radius 1 is 1.08 bits per heavy atom. The molecule has 2 rings (SSSR count). The quantitative estimate of drug-likeness (QED) is 0.708. The Hall–Kier alpha value is -1.72. The summed E-state index contributed by atoms with van der Waals surface area (Å²) in [6.07, 6.45) is 5.57. The molecule has 0 radical (unpaired) electrons. The topological polar surface area (TPSA) is 47.0 Å². The van der Waals surface area contributed by atoms with Crippen LogP contribution in [0.1, 0.15) is 19.8 Å². The van der Waals surface area contributed by atoms with Gasteiger partial charge in [0.2, 0.25) is 0 Å².